The molecule has 8 heteroatoms. The second-order valence-corrected chi connectivity index (χ2v) is 6.68. The number of nitro groups is 1. The molecule has 1 aliphatic heterocycles. The van der Waals surface area contributed by atoms with Gasteiger partial charge in [0.05, 0.1) is 10.3 Å². The smallest absolute Gasteiger partial charge is 0.311 e. The molecule has 1 aromatic carbocycles. The molecule has 8 nitrogen and oxygen atoms in total. The van der Waals surface area contributed by atoms with Crippen LogP contribution < -0.4 is 5.73 Å². The Labute approximate surface area is 138 Å². The molecule has 2 atom stereocenters. The van der Waals surface area contributed by atoms with E-state index in [1.54, 1.807) is 0 Å². The van der Waals surface area contributed by atoms with E-state index >= 15 is 0 Å². The number of hydrogen-bond donors (Lipinski definition) is 2. The molecular weight excluding hydrogens is 314 g/mol. The summed E-state index contributed by atoms with van der Waals surface area (Å²) in [4.78, 5) is 35.6. The summed E-state index contributed by atoms with van der Waals surface area (Å²) in [6, 6.07) is 4.18. The first-order valence-electron chi connectivity index (χ1n) is 7.86. The first kappa shape index (κ1) is 16.4. The molecule has 128 valence electrons. The standard InChI is InChI=1S/C16H19N3O5/c17-14(20)10-3-4-11(13(6-10)19(23)24)7-18-8-12-2-1-5-16(12,9-18)15(21)22/h3-4,6,12H,1-2,5,7-9H2,(H2,17,20)(H,21,22)/t12-,16+/m0/s1. The highest BCUT2D eigenvalue weighted by Crippen LogP contribution is 2.49. The van der Waals surface area contributed by atoms with E-state index in [2.05, 4.69) is 0 Å². The molecule has 0 radical (unpaired) electrons. The first-order valence-corrected chi connectivity index (χ1v) is 7.86. The van der Waals surface area contributed by atoms with Gasteiger partial charge in [-0.05, 0) is 24.8 Å². The number of aliphatic carboxylic acids is 1. The molecule has 0 bridgehead atoms. The summed E-state index contributed by atoms with van der Waals surface area (Å²) in [5.74, 6) is -1.39. The minimum Gasteiger partial charge on any atom is -0.481 e. The lowest BCUT2D eigenvalue weighted by molar-refractivity contribution is -0.385. The summed E-state index contributed by atoms with van der Waals surface area (Å²) >= 11 is 0. The number of carbonyl (C=O) groups is 2. The Balaban J connectivity index is 1.83. The summed E-state index contributed by atoms with van der Waals surface area (Å²) in [6.45, 7) is 1.32. The van der Waals surface area contributed by atoms with Gasteiger partial charge in [-0.25, -0.2) is 0 Å². The minimum absolute atomic E-state index is 0.0887. The number of benzene rings is 1. The second-order valence-electron chi connectivity index (χ2n) is 6.68. The highest BCUT2D eigenvalue weighted by molar-refractivity contribution is 5.93. The van der Waals surface area contributed by atoms with Crippen LogP contribution in [0.2, 0.25) is 0 Å². The normalized spacial score (nSPS) is 26.2. The molecule has 1 amide bonds. The fourth-order valence-electron chi connectivity index (χ4n) is 4.13. The molecule has 0 aromatic heterocycles. The van der Waals surface area contributed by atoms with E-state index in [0.29, 0.717) is 31.6 Å². The number of carboxylic acid groups (broad SMARTS) is 1. The molecule has 1 aliphatic carbocycles. The Hall–Kier alpha value is -2.48. The fraction of sp³-hybridized carbons (Fsp3) is 0.500. The van der Waals surface area contributed by atoms with E-state index < -0.39 is 22.2 Å². The zero-order valence-electron chi connectivity index (χ0n) is 13.1. The zero-order chi connectivity index (χ0) is 17.5. The van der Waals surface area contributed by atoms with Gasteiger partial charge in [0.2, 0.25) is 5.91 Å². The van der Waals surface area contributed by atoms with Crippen molar-refractivity contribution in [3.63, 3.8) is 0 Å². The van der Waals surface area contributed by atoms with Crippen LogP contribution in [0.1, 0.15) is 35.2 Å². The van der Waals surface area contributed by atoms with Crippen molar-refractivity contribution >= 4 is 17.6 Å². The number of likely N-dealkylation sites (tertiary alicyclic amines) is 1. The Bertz CT molecular complexity index is 720. The van der Waals surface area contributed by atoms with Crippen molar-refractivity contribution in [2.45, 2.75) is 25.8 Å². The van der Waals surface area contributed by atoms with E-state index in [1.807, 2.05) is 4.90 Å². The van der Waals surface area contributed by atoms with Crippen LogP contribution in [0.4, 0.5) is 5.69 Å². The van der Waals surface area contributed by atoms with Crippen molar-refractivity contribution in [3.8, 4) is 0 Å². The number of primary amides is 1. The lowest BCUT2D eigenvalue weighted by Crippen LogP contribution is -2.35. The van der Waals surface area contributed by atoms with Gasteiger partial charge in [-0.15, -0.1) is 0 Å². The number of fused-ring (bicyclic) bond motifs is 1. The van der Waals surface area contributed by atoms with Crippen LogP contribution >= 0.6 is 0 Å². The van der Waals surface area contributed by atoms with Gasteiger partial charge >= 0.3 is 5.97 Å². The van der Waals surface area contributed by atoms with Gasteiger partial charge in [0.15, 0.2) is 0 Å². The van der Waals surface area contributed by atoms with Crippen molar-refractivity contribution in [1.82, 2.24) is 4.90 Å². The molecule has 3 rings (SSSR count). The highest BCUT2D eigenvalue weighted by atomic mass is 16.6. The van der Waals surface area contributed by atoms with Crippen molar-refractivity contribution in [3.05, 3.63) is 39.4 Å². The number of nitro benzene ring substituents is 1. The van der Waals surface area contributed by atoms with Gasteiger partial charge in [0, 0.05) is 36.8 Å². The van der Waals surface area contributed by atoms with Gasteiger partial charge < -0.3 is 10.8 Å². The number of nitrogens with two attached hydrogens (primary N) is 1. The summed E-state index contributed by atoms with van der Waals surface area (Å²) in [7, 11) is 0. The fourth-order valence-corrected chi connectivity index (χ4v) is 4.13. The third-order valence-corrected chi connectivity index (χ3v) is 5.33. The second kappa shape index (κ2) is 5.86. The van der Waals surface area contributed by atoms with Gasteiger partial charge in [-0.3, -0.25) is 24.6 Å². The summed E-state index contributed by atoms with van der Waals surface area (Å²) in [5, 5.41) is 20.9. The number of rotatable bonds is 5. The number of carbonyl (C=O) groups excluding carboxylic acids is 1. The Morgan fingerprint density at radius 3 is 2.79 bits per heavy atom. The maximum Gasteiger partial charge on any atom is 0.311 e. The Morgan fingerprint density at radius 1 is 1.46 bits per heavy atom. The molecule has 1 saturated heterocycles. The number of carboxylic acids is 1. The van der Waals surface area contributed by atoms with Crippen LogP contribution in [0.15, 0.2) is 18.2 Å². The average molecular weight is 333 g/mol. The molecule has 1 heterocycles. The maximum absolute atomic E-state index is 11.7. The molecule has 0 unspecified atom stereocenters. The van der Waals surface area contributed by atoms with Crippen LogP contribution in [0, 0.1) is 21.4 Å². The molecule has 2 fully saturated rings. The van der Waals surface area contributed by atoms with Crippen LogP contribution in [0.3, 0.4) is 0 Å². The quantitative estimate of drug-likeness (QED) is 0.619. The monoisotopic (exact) mass is 333 g/mol. The van der Waals surface area contributed by atoms with Gasteiger partial charge in [-0.1, -0.05) is 12.5 Å². The SMILES string of the molecule is NC(=O)c1ccc(CN2C[C@@H]3CCC[C@@]3(C(=O)O)C2)c([N+](=O)[O-])c1. The number of amides is 1. The number of nitrogens with zero attached hydrogens (tertiary/aromatic N) is 2. The maximum atomic E-state index is 11.7. The zero-order valence-corrected chi connectivity index (χ0v) is 13.1. The van der Waals surface area contributed by atoms with E-state index in [4.69, 9.17) is 5.73 Å². The molecule has 1 aromatic rings. The lowest BCUT2D eigenvalue weighted by Gasteiger charge is -2.23. The van der Waals surface area contributed by atoms with E-state index in [1.165, 1.54) is 18.2 Å². The number of hydrogen-bond acceptors (Lipinski definition) is 5. The molecule has 3 N–H and O–H groups in total. The topological polar surface area (TPSA) is 127 Å². The Kier molecular flexibility index (Phi) is 4.00. The van der Waals surface area contributed by atoms with E-state index in [0.717, 1.165) is 12.8 Å². The molecular formula is C16H19N3O5. The van der Waals surface area contributed by atoms with Crippen molar-refractivity contribution in [2.75, 3.05) is 13.1 Å². The summed E-state index contributed by atoms with van der Waals surface area (Å²) in [5.41, 5.74) is 4.84. The molecule has 1 saturated carbocycles. The Morgan fingerprint density at radius 2 is 2.21 bits per heavy atom. The van der Waals surface area contributed by atoms with Crippen LogP contribution in [0.25, 0.3) is 0 Å². The molecule has 2 aliphatic rings. The third kappa shape index (κ3) is 2.62. The van der Waals surface area contributed by atoms with Crippen LogP contribution in [-0.4, -0.2) is 39.9 Å². The molecule has 0 spiro atoms. The van der Waals surface area contributed by atoms with Crippen molar-refractivity contribution < 1.29 is 19.6 Å². The minimum atomic E-state index is -0.772. The largest absolute Gasteiger partial charge is 0.481 e. The van der Waals surface area contributed by atoms with Crippen LogP contribution in [-0.2, 0) is 11.3 Å². The highest BCUT2D eigenvalue weighted by Gasteiger charge is 2.54. The van der Waals surface area contributed by atoms with Crippen molar-refractivity contribution in [2.24, 2.45) is 17.1 Å². The van der Waals surface area contributed by atoms with Crippen LogP contribution in [0.5, 0.6) is 0 Å². The summed E-state index contributed by atoms with van der Waals surface area (Å²) < 4.78 is 0. The predicted octanol–water partition coefficient (Wildman–Crippen LogP) is 1.38. The van der Waals surface area contributed by atoms with Gasteiger partial charge in [0.1, 0.15) is 0 Å². The van der Waals surface area contributed by atoms with E-state index in [9.17, 15) is 24.8 Å². The third-order valence-electron chi connectivity index (χ3n) is 5.33. The van der Waals surface area contributed by atoms with Gasteiger partial charge in [-0.2, -0.15) is 0 Å². The average Bonchev–Trinajstić information content (AvgIpc) is 3.04. The lowest BCUT2D eigenvalue weighted by atomic mass is 9.81. The predicted molar refractivity (Wildman–Crippen MR) is 84.3 cm³/mol. The first-order chi connectivity index (χ1) is 11.3. The van der Waals surface area contributed by atoms with E-state index in [-0.39, 0.29) is 17.2 Å². The summed E-state index contributed by atoms with van der Waals surface area (Å²) in [6.07, 6.45) is 2.45. The van der Waals surface area contributed by atoms with Gasteiger partial charge in [0.25, 0.3) is 5.69 Å². The van der Waals surface area contributed by atoms with Crippen molar-refractivity contribution in [1.29, 1.82) is 0 Å². The molecule has 24 heavy (non-hydrogen) atoms.